The molecule has 0 unspecified atom stereocenters. The molecule has 1 fully saturated rings. The number of hydrogen-bond donors (Lipinski definition) is 1. The van der Waals surface area contributed by atoms with Gasteiger partial charge in [0.05, 0.1) is 0 Å². The maximum Gasteiger partial charge on any atom is 0.224 e. The third-order valence-electron chi connectivity index (χ3n) is 2.94. The first-order valence-electron chi connectivity index (χ1n) is 6.49. The predicted molar refractivity (Wildman–Crippen MR) is 71.5 cm³/mol. The van der Waals surface area contributed by atoms with E-state index < -0.39 is 0 Å². The molecule has 0 aromatic carbocycles. The SMILES string of the molecule is Cc1cc(N2CCCC2)nc(NCC(C)C)n1. The lowest BCUT2D eigenvalue weighted by Crippen LogP contribution is -2.20. The fourth-order valence-electron chi connectivity index (χ4n) is 2.03. The van der Waals surface area contributed by atoms with Gasteiger partial charge >= 0.3 is 0 Å². The van der Waals surface area contributed by atoms with Gasteiger partial charge in [0.2, 0.25) is 5.95 Å². The van der Waals surface area contributed by atoms with Crippen molar-refractivity contribution in [3.05, 3.63) is 11.8 Å². The summed E-state index contributed by atoms with van der Waals surface area (Å²) in [4.78, 5) is 11.4. The molecule has 94 valence electrons. The number of aryl methyl sites for hydroxylation is 1. The molecule has 0 radical (unpaired) electrons. The average molecular weight is 234 g/mol. The van der Waals surface area contributed by atoms with Crippen LogP contribution in [0.5, 0.6) is 0 Å². The highest BCUT2D eigenvalue weighted by Crippen LogP contribution is 2.19. The molecular weight excluding hydrogens is 212 g/mol. The summed E-state index contributed by atoms with van der Waals surface area (Å²) < 4.78 is 0. The quantitative estimate of drug-likeness (QED) is 0.869. The van der Waals surface area contributed by atoms with Crippen LogP contribution in [0.25, 0.3) is 0 Å². The van der Waals surface area contributed by atoms with Gasteiger partial charge in [0.1, 0.15) is 5.82 Å². The second-order valence-electron chi connectivity index (χ2n) is 5.16. The van der Waals surface area contributed by atoms with Crippen molar-refractivity contribution in [3.63, 3.8) is 0 Å². The van der Waals surface area contributed by atoms with Gasteiger partial charge in [-0.25, -0.2) is 4.98 Å². The van der Waals surface area contributed by atoms with Crippen LogP contribution >= 0.6 is 0 Å². The summed E-state index contributed by atoms with van der Waals surface area (Å²) in [5, 5.41) is 3.30. The molecule has 1 N–H and O–H groups in total. The van der Waals surface area contributed by atoms with Gasteiger partial charge in [-0.2, -0.15) is 4.98 Å². The molecule has 1 aromatic heterocycles. The predicted octanol–water partition coefficient (Wildman–Crippen LogP) is 2.45. The van der Waals surface area contributed by atoms with Gasteiger partial charge in [0.15, 0.2) is 0 Å². The molecule has 2 heterocycles. The Kier molecular flexibility index (Phi) is 3.82. The number of anilines is 2. The van der Waals surface area contributed by atoms with Crippen molar-refractivity contribution < 1.29 is 0 Å². The van der Waals surface area contributed by atoms with E-state index in [9.17, 15) is 0 Å². The van der Waals surface area contributed by atoms with E-state index in [0.29, 0.717) is 5.92 Å². The molecule has 1 aliphatic rings. The largest absolute Gasteiger partial charge is 0.356 e. The number of rotatable bonds is 4. The Bertz CT molecular complexity index is 370. The summed E-state index contributed by atoms with van der Waals surface area (Å²) in [5.74, 6) is 2.44. The Labute approximate surface area is 103 Å². The van der Waals surface area contributed by atoms with E-state index in [-0.39, 0.29) is 0 Å². The van der Waals surface area contributed by atoms with Crippen molar-refractivity contribution in [1.29, 1.82) is 0 Å². The third kappa shape index (κ3) is 3.32. The number of nitrogens with zero attached hydrogens (tertiary/aromatic N) is 3. The lowest BCUT2D eigenvalue weighted by atomic mass is 10.2. The van der Waals surface area contributed by atoms with Gasteiger partial charge in [0.25, 0.3) is 0 Å². The minimum atomic E-state index is 0.606. The molecule has 4 nitrogen and oxygen atoms in total. The van der Waals surface area contributed by atoms with Gasteiger partial charge in [-0.05, 0) is 25.7 Å². The van der Waals surface area contributed by atoms with Crippen LogP contribution in [0.2, 0.25) is 0 Å². The maximum atomic E-state index is 4.59. The normalized spacial score (nSPS) is 15.6. The minimum absolute atomic E-state index is 0.606. The van der Waals surface area contributed by atoms with Crippen molar-refractivity contribution in [2.45, 2.75) is 33.6 Å². The van der Waals surface area contributed by atoms with Crippen LogP contribution in [0.3, 0.4) is 0 Å². The molecule has 4 heteroatoms. The summed E-state index contributed by atoms with van der Waals surface area (Å²) in [7, 11) is 0. The molecule has 1 saturated heterocycles. The molecule has 1 aromatic rings. The summed E-state index contributed by atoms with van der Waals surface area (Å²) in [5.41, 5.74) is 1.04. The van der Waals surface area contributed by atoms with Crippen LogP contribution in [0.1, 0.15) is 32.4 Å². The van der Waals surface area contributed by atoms with E-state index in [0.717, 1.165) is 37.1 Å². The third-order valence-corrected chi connectivity index (χ3v) is 2.94. The summed E-state index contributed by atoms with van der Waals surface area (Å²) in [6, 6.07) is 2.08. The smallest absolute Gasteiger partial charge is 0.224 e. The summed E-state index contributed by atoms with van der Waals surface area (Å²) >= 11 is 0. The molecule has 0 amide bonds. The Hall–Kier alpha value is -1.32. The van der Waals surface area contributed by atoms with Crippen LogP contribution in [0, 0.1) is 12.8 Å². The number of aromatic nitrogens is 2. The first kappa shape index (κ1) is 12.1. The Morgan fingerprint density at radius 1 is 1.29 bits per heavy atom. The van der Waals surface area contributed by atoms with Gasteiger partial charge in [0, 0.05) is 31.4 Å². The van der Waals surface area contributed by atoms with Crippen molar-refractivity contribution in [3.8, 4) is 0 Å². The van der Waals surface area contributed by atoms with Gasteiger partial charge in [-0.1, -0.05) is 13.8 Å². The number of hydrogen-bond acceptors (Lipinski definition) is 4. The molecule has 0 aliphatic carbocycles. The Morgan fingerprint density at radius 2 is 2.00 bits per heavy atom. The fourth-order valence-corrected chi connectivity index (χ4v) is 2.03. The molecule has 0 bridgehead atoms. The molecule has 0 spiro atoms. The topological polar surface area (TPSA) is 41.1 Å². The molecule has 2 rings (SSSR count). The van der Waals surface area contributed by atoms with Crippen LogP contribution in [0.15, 0.2) is 6.07 Å². The van der Waals surface area contributed by atoms with Crippen molar-refractivity contribution in [2.24, 2.45) is 5.92 Å². The zero-order valence-corrected chi connectivity index (χ0v) is 11.0. The first-order chi connectivity index (χ1) is 8.15. The van der Waals surface area contributed by atoms with Gasteiger partial charge < -0.3 is 10.2 Å². The minimum Gasteiger partial charge on any atom is -0.356 e. The van der Waals surface area contributed by atoms with Gasteiger partial charge in [-0.15, -0.1) is 0 Å². The van der Waals surface area contributed by atoms with Crippen molar-refractivity contribution in [2.75, 3.05) is 29.9 Å². The standard InChI is InChI=1S/C13H22N4/c1-10(2)9-14-13-15-11(3)8-12(16-13)17-6-4-5-7-17/h8,10H,4-7,9H2,1-3H3,(H,14,15,16). The van der Waals surface area contributed by atoms with E-state index in [1.54, 1.807) is 0 Å². The summed E-state index contributed by atoms with van der Waals surface area (Å²) in [6.07, 6.45) is 2.55. The van der Waals surface area contributed by atoms with Gasteiger partial charge in [-0.3, -0.25) is 0 Å². The van der Waals surface area contributed by atoms with Crippen LogP contribution in [-0.4, -0.2) is 29.6 Å². The highest BCUT2D eigenvalue weighted by Gasteiger charge is 2.14. The highest BCUT2D eigenvalue weighted by molar-refractivity contribution is 5.45. The molecule has 0 atom stereocenters. The molecule has 17 heavy (non-hydrogen) atoms. The van der Waals surface area contributed by atoms with Crippen LogP contribution in [-0.2, 0) is 0 Å². The van der Waals surface area contributed by atoms with E-state index in [4.69, 9.17) is 0 Å². The summed E-state index contributed by atoms with van der Waals surface area (Å²) in [6.45, 7) is 9.57. The Morgan fingerprint density at radius 3 is 2.65 bits per heavy atom. The van der Waals surface area contributed by atoms with E-state index in [1.807, 2.05) is 6.92 Å². The van der Waals surface area contributed by atoms with Crippen molar-refractivity contribution in [1.82, 2.24) is 9.97 Å². The first-order valence-corrected chi connectivity index (χ1v) is 6.49. The molecule has 1 aliphatic heterocycles. The van der Waals surface area contributed by atoms with Crippen LogP contribution in [0.4, 0.5) is 11.8 Å². The zero-order chi connectivity index (χ0) is 12.3. The van der Waals surface area contributed by atoms with E-state index in [1.165, 1.54) is 12.8 Å². The second-order valence-corrected chi connectivity index (χ2v) is 5.16. The average Bonchev–Trinajstić information content (AvgIpc) is 2.79. The monoisotopic (exact) mass is 234 g/mol. The molecule has 0 saturated carbocycles. The van der Waals surface area contributed by atoms with E-state index in [2.05, 4.69) is 40.1 Å². The second kappa shape index (κ2) is 5.34. The maximum absolute atomic E-state index is 4.59. The number of nitrogens with one attached hydrogen (secondary N) is 1. The zero-order valence-electron chi connectivity index (χ0n) is 11.0. The lowest BCUT2D eigenvalue weighted by molar-refractivity contribution is 0.684. The van der Waals surface area contributed by atoms with Crippen molar-refractivity contribution >= 4 is 11.8 Å². The fraction of sp³-hybridized carbons (Fsp3) is 0.692. The Balaban J connectivity index is 2.11. The highest BCUT2D eigenvalue weighted by atomic mass is 15.2. The van der Waals surface area contributed by atoms with E-state index >= 15 is 0 Å². The lowest BCUT2D eigenvalue weighted by Gasteiger charge is -2.18. The van der Waals surface area contributed by atoms with Crippen LogP contribution < -0.4 is 10.2 Å². The molecular formula is C13H22N4.